The van der Waals surface area contributed by atoms with E-state index in [1.54, 1.807) is 0 Å². The Morgan fingerprint density at radius 1 is 0.882 bits per heavy atom. The zero-order chi connectivity index (χ0) is 12.4. The van der Waals surface area contributed by atoms with Crippen LogP contribution in [0.15, 0.2) is 30.3 Å². The quantitative estimate of drug-likeness (QED) is 0.761. The van der Waals surface area contributed by atoms with Crippen molar-refractivity contribution in [2.45, 2.75) is 39.8 Å². The summed E-state index contributed by atoms with van der Waals surface area (Å²) in [5.41, 5.74) is 0. The van der Waals surface area contributed by atoms with Crippen LogP contribution >= 0.6 is 8.22 Å². The average Bonchev–Trinajstić information content (AvgIpc) is 2.74. The molecular weight excluding hydrogens is 227 g/mol. The third-order valence-corrected chi connectivity index (χ3v) is 6.28. The highest BCUT2D eigenvalue weighted by Crippen LogP contribution is 2.49. The van der Waals surface area contributed by atoms with Crippen molar-refractivity contribution in [3.8, 4) is 0 Å². The molecule has 2 rings (SSSR count). The van der Waals surface area contributed by atoms with E-state index in [2.05, 4.69) is 67.4 Å². The number of hydrogen-bond acceptors (Lipinski definition) is 2. The molecule has 1 aliphatic rings. The third-order valence-electron chi connectivity index (χ3n) is 3.22. The minimum Gasteiger partial charge on any atom is -0.262 e. The topological polar surface area (TPSA) is 6.48 Å². The molecule has 1 aromatic carbocycles. The molecule has 1 aliphatic heterocycles. The van der Waals surface area contributed by atoms with Crippen LogP contribution in [0.3, 0.4) is 0 Å². The summed E-state index contributed by atoms with van der Waals surface area (Å²) in [4.78, 5) is 0. The van der Waals surface area contributed by atoms with Gasteiger partial charge in [-0.25, -0.2) is 0 Å². The zero-order valence-corrected chi connectivity index (χ0v) is 12.2. The van der Waals surface area contributed by atoms with Crippen LogP contribution < -0.4 is 5.30 Å². The Bertz CT molecular complexity index is 334. The summed E-state index contributed by atoms with van der Waals surface area (Å²) in [6.07, 6.45) is 0. The lowest BCUT2D eigenvalue weighted by Crippen LogP contribution is -2.30. The van der Waals surface area contributed by atoms with Crippen LogP contribution in [0, 0.1) is 0 Å². The Hall–Kier alpha value is -0.430. The van der Waals surface area contributed by atoms with Crippen LogP contribution in [-0.4, -0.2) is 34.5 Å². The number of hydrogen-bond donors (Lipinski definition) is 0. The summed E-state index contributed by atoms with van der Waals surface area (Å²) >= 11 is 0. The smallest absolute Gasteiger partial charge is 0.0730 e. The van der Waals surface area contributed by atoms with E-state index in [1.807, 2.05) is 0 Å². The molecule has 0 atom stereocenters. The maximum atomic E-state index is 2.66. The Morgan fingerprint density at radius 3 is 1.76 bits per heavy atom. The van der Waals surface area contributed by atoms with Gasteiger partial charge in [0.05, 0.1) is 8.22 Å². The largest absolute Gasteiger partial charge is 0.262 e. The molecule has 1 fully saturated rings. The van der Waals surface area contributed by atoms with Crippen LogP contribution in [0.2, 0.25) is 0 Å². The van der Waals surface area contributed by atoms with E-state index < -0.39 is 0 Å². The van der Waals surface area contributed by atoms with Gasteiger partial charge in [-0.2, -0.15) is 0 Å². The van der Waals surface area contributed by atoms with E-state index in [9.17, 15) is 0 Å². The minimum atomic E-state index is -0.279. The lowest BCUT2D eigenvalue weighted by Gasteiger charge is -2.34. The van der Waals surface area contributed by atoms with Gasteiger partial charge in [-0.15, -0.1) is 0 Å². The highest BCUT2D eigenvalue weighted by atomic mass is 31.1. The van der Waals surface area contributed by atoms with E-state index in [0.717, 1.165) is 0 Å². The van der Waals surface area contributed by atoms with Crippen LogP contribution in [0.4, 0.5) is 0 Å². The summed E-state index contributed by atoms with van der Waals surface area (Å²) in [7, 11) is -0.279. The van der Waals surface area contributed by atoms with Gasteiger partial charge in [-0.05, 0) is 27.7 Å². The zero-order valence-electron chi connectivity index (χ0n) is 11.3. The first kappa shape index (κ1) is 13.0. The maximum absolute atomic E-state index is 2.66. The van der Waals surface area contributed by atoms with Crippen molar-refractivity contribution in [3.63, 3.8) is 0 Å². The fourth-order valence-corrected chi connectivity index (χ4v) is 5.11. The molecule has 0 aliphatic carbocycles. The third kappa shape index (κ3) is 2.70. The molecule has 0 aromatic heterocycles. The van der Waals surface area contributed by atoms with E-state index in [-0.39, 0.29) is 8.22 Å². The minimum absolute atomic E-state index is 0.279. The van der Waals surface area contributed by atoms with Crippen LogP contribution in [-0.2, 0) is 0 Å². The van der Waals surface area contributed by atoms with Gasteiger partial charge in [0.2, 0.25) is 0 Å². The van der Waals surface area contributed by atoms with Gasteiger partial charge < -0.3 is 0 Å². The molecule has 1 aromatic rings. The van der Waals surface area contributed by atoms with E-state index >= 15 is 0 Å². The molecule has 0 saturated carbocycles. The first-order chi connectivity index (χ1) is 8.11. The Kier molecular flexibility index (Phi) is 4.19. The number of benzene rings is 1. The van der Waals surface area contributed by atoms with Crippen molar-refractivity contribution in [2.75, 3.05) is 13.1 Å². The van der Waals surface area contributed by atoms with Gasteiger partial charge in [-0.3, -0.25) is 9.34 Å². The van der Waals surface area contributed by atoms with Crippen molar-refractivity contribution < 1.29 is 0 Å². The number of rotatable bonds is 3. The molecule has 3 heteroatoms. The molecule has 94 valence electrons. The monoisotopic (exact) mass is 250 g/mol. The second-order valence-electron chi connectivity index (χ2n) is 5.14. The van der Waals surface area contributed by atoms with Gasteiger partial charge in [0.15, 0.2) is 0 Å². The summed E-state index contributed by atoms with van der Waals surface area (Å²) in [6.45, 7) is 11.6. The Balaban J connectivity index is 2.30. The van der Waals surface area contributed by atoms with Crippen LogP contribution in [0.25, 0.3) is 0 Å². The highest BCUT2D eigenvalue weighted by molar-refractivity contribution is 7.61. The number of nitrogens with zero attached hydrogens (tertiary/aromatic N) is 2. The molecule has 17 heavy (non-hydrogen) atoms. The lowest BCUT2D eigenvalue weighted by molar-refractivity contribution is 0.390. The highest BCUT2D eigenvalue weighted by Gasteiger charge is 2.35. The molecule has 1 saturated heterocycles. The molecule has 0 unspecified atom stereocenters. The van der Waals surface area contributed by atoms with Gasteiger partial charge in [0.1, 0.15) is 0 Å². The van der Waals surface area contributed by atoms with Crippen LogP contribution in [0.1, 0.15) is 27.7 Å². The summed E-state index contributed by atoms with van der Waals surface area (Å²) in [6, 6.07) is 12.2. The van der Waals surface area contributed by atoms with Crippen molar-refractivity contribution >= 4 is 13.5 Å². The average molecular weight is 250 g/mol. The predicted molar refractivity (Wildman–Crippen MR) is 76.7 cm³/mol. The van der Waals surface area contributed by atoms with Crippen LogP contribution in [0.5, 0.6) is 0 Å². The molecule has 0 spiro atoms. The molecular formula is C14H23N2P. The van der Waals surface area contributed by atoms with Crippen molar-refractivity contribution in [1.29, 1.82) is 0 Å². The van der Waals surface area contributed by atoms with Gasteiger partial charge in [-0.1, -0.05) is 30.3 Å². The first-order valence-corrected chi connectivity index (χ1v) is 7.74. The molecule has 0 bridgehead atoms. The fraction of sp³-hybridized carbons (Fsp3) is 0.571. The SMILES string of the molecule is CC(C)N1CCN(C(C)C)P1c1ccccc1. The van der Waals surface area contributed by atoms with Gasteiger partial charge in [0.25, 0.3) is 0 Å². The summed E-state index contributed by atoms with van der Waals surface area (Å²) in [5.74, 6) is 0. The molecule has 2 nitrogen and oxygen atoms in total. The van der Waals surface area contributed by atoms with E-state index in [4.69, 9.17) is 0 Å². The Morgan fingerprint density at radius 2 is 1.35 bits per heavy atom. The van der Waals surface area contributed by atoms with E-state index in [1.165, 1.54) is 18.4 Å². The van der Waals surface area contributed by atoms with E-state index in [0.29, 0.717) is 12.1 Å². The molecule has 0 amide bonds. The molecule has 0 N–H and O–H groups in total. The summed E-state index contributed by atoms with van der Waals surface area (Å²) in [5, 5.41) is 1.49. The fourth-order valence-electron chi connectivity index (χ4n) is 2.35. The first-order valence-electron chi connectivity index (χ1n) is 6.49. The predicted octanol–water partition coefficient (Wildman–Crippen LogP) is 3.06. The Labute approximate surface area is 106 Å². The standard InChI is InChI=1S/C14H23N2P/c1-12(2)15-10-11-16(13(3)4)17(15)14-8-6-5-7-9-14/h5-9,12-13H,10-11H2,1-4H3. The molecule has 1 heterocycles. The molecule has 0 radical (unpaired) electrons. The second-order valence-corrected chi connectivity index (χ2v) is 7.26. The second kappa shape index (κ2) is 5.48. The van der Waals surface area contributed by atoms with Crippen molar-refractivity contribution in [3.05, 3.63) is 30.3 Å². The maximum Gasteiger partial charge on any atom is 0.0730 e. The lowest BCUT2D eigenvalue weighted by atomic mass is 10.3. The van der Waals surface area contributed by atoms with Gasteiger partial charge in [0, 0.05) is 30.5 Å². The normalized spacial score (nSPS) is 19.6. The van der Waals surface area contributed by atoms with Crippen molar-refractivity contribution in [2.24, 2.45) is 0 Å². The van der Waals surface area contributed by atoms with Crippen molar-refractivity contribution in [1.82, 2.24) is 9.34 Å². The summed E-state index contributed by atoms with van der Waals surface area (Å²) < 4.78 is 5.31. The van der Waals surface area contributed by atoms with Gasteiger partial charge >= 0.3 is 0 Å².